The van der Waals surface area contributed by atoms with Crippen LogP contribution in [0.2, 0.25) is 0 Å². The summed E-state index contributed by atoms with van der Waals surface area (Å²) in [6.45, 7) is 8.37. The molecule has 11 nitrogen and oxygen atoms in total. The number of fused-ring (bicyclic) bond motifs is 1. The Morgan fingerprint density at radius 3 is 2.42 bits per heavy atom. The number of amides is 3. The van der Waals surface area contributed by atoms with Crippen molar-refractivity contribution in [1.29, 1.82) is 0 Å². The van der Waals surface area contributed by atoms with Crippen molar-refractivity contribution in [3.8, 4) is 5.75 Å². The molecule has 3 amide bonds. The number of ether oxygens (including phenoxy) is 2. The molecular formula is C36H54N4O7S. The van der Waals surface area contributed by atoms with E-state index < -0.39 is 22.0 Å². The first-order chi connectivity index (χ1) is 22.9. The van der Waals surface area contributed by atoms with E-state index in [1.807, 2.05) is 20.8 Å². The lowest BCUT2D eigenvalue weighted by molar-refractivity contribution is -0.0123. The Bertz CT molecular complexity index is 1460. The maximum absolute atomic E-state index is 14.4. The molecule has 1 saturated carbocycles. The van der Waals surface area contributed by atoms with E-state index in [1.165, 1.54) is 24.6 Å². The molecular weight excluding hydrogens is 632 g/mol. The first-order valence-electron chi connectivity index (χ1n) is 17.3. The zero-order chi connectivity index (χ0) is 34.8. The summed E-state index contributed by atoms with van der Waals surface area (Å²) in [5, 5.41) is 13.4. The van der Waals surface area contributed by atoms with Gasteiger partial charge in [-0.3, -0.25) is 9.52 Å². The van der Waals surface area contributed by atoms with E-state index >= 15 is 0 Å². The topological polar surface area (TPSA) is 138 Å². The summed E-state index contributed by atoms with van der Waals surface area (Å²) >= 11 is 0. The first kappa shape index (κ1) is 37.5. The fraction of sp³-hybridized carbons (Fsp3) is 0.611. The Balaban J connectivity index is 1.61. The van der Waals surface area contributed by atoms with Crippen LogP contribution in [0.3, 0.4) is 0 Å². The molecule has 0 saturated heterocycles. The van der Waals surface area contributed by atoms with E-state index in [1.54, 1.807) is 48.0 Å². The van der Waals surface area contributed by atoms with E-state index in [2.05, 4.69) is 10.0 Å². The van der Waals surface area contributed by atoms with Crippen LogP contribution < -0.4 is 14.8 Å². The van der Waals surface area contributed by atoms with Crippen LogP contribution in [0, 0.1) is 12.8 Å². The van der Waals surface area contributed by atoms with Crippen LogP contribution in [0.5, 0.6) is 5.75 Å². The van der Waals surface area contributed by atoms with Gasteiger partial charge < -0.3 is 29.7 Å². The van der Waals surface area contributed by atoms with Gasteiger partial charge in [0.25, 0.3) is 15.9 Å². The van der Waals surface area contributed by atoms with Gasteiger partial charge >= 0.3 is 6.03 Å². The number of anilines is 1. The van der Waals surface area contributed by atoms with Crippen LogP contribution in [0.1, 0.15) is 88.1 Å². The third kappa shape index (κ3) is 10.3. The van der Waals surface area contributed by atoms with Crippen LogP contribution in [0.15, 0.2) is 47.4 Å². The molecule has 0 radical (unpaired) electrons. The van der Waals surface area contributed by atoms with E-state index in [4.69, 9.17) is 9.47 Å². The number of urea groups is 1. The monoisotopic (exact) mass is 686 g/mol. The summed E-state index contributed by atoms with van der Waals surface area (Å²) in [4.78, 5) is 30.9. The van der Waals surface area contributed by atoms with Crippen molar-refractivity contribution in [3.05, 3.63) is 53.6 Å². The number of rotatable bonds is 8. The smallest absolute Gasteiger partial charge is 0.317 e. The first-order valence-corrected chi connectivity index (χ1v) is 18.8. The van der Waals surface area contributed by atoms with Gasteiger partial charge in [0.05, 0.1) is 35.3 Å². The maximum Gasteiger partial charge on any atom is 0.317 e. The van der Waals surface area contributed by atoms with Gasteiger partial charge in [0.2, 0.25) is 0 Å². The van der Waals surface area contributed by atoms with Gasteiger partial charge in [-0.05, 0) is 83.2 Å². The number of aryl methyl sites for hydroxylation is 1. The van der Waals surface area contributed by atoms with E-state index in [9.17, 15) is 23.1 Å². The molecule has 4 rings (SSSR count). The van der Waals surface area contributed by atoms with Gasteiger partial charge in [-0.25, -0.2) is 13.2 Å². The second-order valence-electron chi connectivity index (χ2n) is 13.6. The molecule has 2 aromatic carbocycles. The van der Waals surface area contributed by atoms with Crippen molar-refractivity contribution in [2.75, 3.05) is 38.1 Å². The molecule has 4 atom stereocenters. The largest absolute Gasteiger partial charge is 0.490 e. The van der Waals surface area contributed by atoms with Crippen molar-refractivity contribution < 1.29 is 32.6 Å². The van der Waals surface area contributed by atoms with Gasteiger partial charge in [-0.15, -0.1) is 0 Å². The quantitative estimate of drug-likeness (QED) is 0.331. The Kier molecular flexibility index (Phi) is 13.5. The Morgan fingerprint density at radius 1 is 1.04 bits per heavy atom. The molecule has 2 aromatic rings. The number of nitrogens with one attached hydrogen (secondary N) is 2. The number of aliphatic hydroxyl groups is 1. The molecule has 1 heterocycles. The van der Waals surface area contributed by atoms with E-state index in [0.717, 1.165) is 50.5 Å². The SMILES string of the molecule is Cc1ccc(S(=O)(=O)Nc2ccc3c(c2)C(=O)N([C@@H](C)CO)C[C@H](C)[C@@H](CN(C)C(=O)NC2CCCCC2)OCCCC[C@@H](C)O3)cc1. The lowest BCUT2D eigenvalue weighted by atomic mass is 9.96. The molecule has 1 aliphatic carbocycles. The molecule has 48 heavy (non-hydrogen) atoms. The predicted octanol–water partition coefficient (Wildman–Crippen LogP) is 5.57. The number of nitrogens with zero attached hydrogens (tertiary/aromatic N) is 2. The number of benzene rings is 2. The molecule has 0 unspecified atom stereocenters. The van der Waals surface area contributed by atoms with Crippen LogP contribution in [0.4, 0.5) is 10.5 Å². The third-order valence-electron chi connectivity index (χ3n) is 9.37. The third-order valence-corrected chi connectivity index (χ3v) is 10.8. The van der Waals surface area contributed by atoms with Crippen LogP contribution in [0.25, 0.3) is 0 Å². The molecule has 1 aliphatic heterocycles. The molecule has 0 bridgehead atoms. The molecule has 12 heteroatoms. The fourth-order valence-electron chi connectivity index (χ4n) is 6.26. The van der Waals surface area contributed by atoms with Crippen molar-refractivity contribution in [3.63, 3.8) is 0 Å². The Labute approximate surface area is 286 Å². The average molecular weight is 687 g/mol. The van der Waals surface area contributed by atoms with Gasteiger partial charge in [0.15, 0.2) is 0 Å². The molecule has 2 aliphatic rings. The number of carbonyl (C=O) groups is 2. The number of hydrogen-bond donors (Lipinski definition) is 3. The molecule has 1 fully saturated rings. The molecule has 3 N–H and O–H groups in total. The molecule has 0 aromatic heterocycles. The summed E-state index contributed by atoms with van der Waals surface area (Å²) in [7, 11) is -2.15. The van der Waals surface area contributed by atoms with E-state index in [-0.39, 0.29) is 59.5 Å². The normalized spacial score (nSPS) is 22.5. The minimum Gasteiger partial charge on any atom is -0.490 e. The second kappa shape index (κ2) is 17.3. The van der Waals surface area contributed by atoms with E-state index in [0.29, 0.717) is 18.9 Å². The Morgan fingerprint density at radius 2 is 1.73 bits per heavy atom. The zero-order valence-corrected chi connectivity index (χ0v) is 29.9. The lowest BCUT2D eigenvalue weighted by Crippen LogP contribution is -2.50. The Hall–Kier alpha value is -3.35. The number of carbonyl (C=O) groups excluding carboxylic acids is 2. The number of sulfonamides is 1. The lowest BCUT2D eigenvalue weighted by Gasteiger charge is -2.36. The van der Waals surface area contributed by atoms with Crippen molar-refractivity contribution in [1.82, 2.24) is 15.1 Å². The highest BCUT2D eigenvalue weighted by Crippen LogP contribution is 2.30. The van der Waals surface area contributed by atoms with Crippen molar-refractivity contribution in [2.45, 2.75) is 108 Å². The summed E-state index contributed by atoms with van der Waals surface area (Å²) in [6, 6.07) is 10.7. The summed E-state index contributed by atoms with van der Waals surface area (Å²) in [5.74, 6) is -0.263. The van der Waals surface area contributed by atoms with Crippen LogP contribution in [-0.2, 0) is 14.8 Å². The van der Waals surface area contributed by atoms with Gasteiger partial charge in [0, 0.05) is 44.4 Å². The standard InChI is InChI=1S/C36H54N4O7S/c1-25-14-17-31(18-15-25)48(44,45)38-30-16-19-33-32(21-30)35(42)40(27(3)24-41)22-26(2)34(46-20-10-9-11-28(4)47-33)23-39(5)36(43)37-29-12-7-6-8-13-29/h14-19,21,26-29,34,38,41H,6-13,20,22-24H2,1-5H3,(H,37,43)/t26-,27-,28+,34+/m0/s1. The van der Waals surface area contributed by atoms with Crippen molar-refractivity contribution in [2.24, 2.45) is 5.92 Å². The fourth-order valence-corrected chi connectivity index (χ4v) is 7.31. The minimum atomic E-state index is -3.92. The van der Waals surface area contributed by atoms with Gasteiger partial charge in [-0.1, -0.05) is 43.9 Å². The number of hydrogen-bond acceptors (Lipinski definition) is 7. The summed E-state index contributed by atoms with van der Waals surface area (Å²) in [5.41, 5.74) is 1.35. The number of likely N-dealkylation sites (N-methyl/N-ethyl adjacent to an activating group) is 1. The summed E-state index contributed by atoms with van der Waals surface area (Å²) in [6.07, 6.45) is 7.21. The second-order valence-corrected chi connectivity index (χ2v) is 15.3. The molecule has 266 valence electrons. The predicted molar refractivity (Wildman–Crippen MR) is 187 cm³/mol. The van der Waals surface area contributed by atoms with Crippen LogP contribution >= 0.6 is 0 Å². The summed E-state index contributed by atoms with van der Waals surface area (Å²) < 4.78 is 41.7. The highest BCUT2D eigenvalue weighted by atomic mass is 32.2. The average Bonchev–Trinajstić information content (AvgIpc) is 3.06. The minimum absolute atomic E-state index is 0.108. The van der Waals surface area contributed by atoms with Gasteiger partial charge in [-0.2, -0.15) is 0 Å². The maximum atomic E-state index is 14.4. The highest BCUT2D eigenvalue weighted by molar-refractivity contribution is 7.92. The van der Waals surface area contributed by atoms with Gasteiger partial charge in [0.1, 0.15) is 5.75 Å². The zero-order valence-electron chi connectivity index (χ0n) is 29.1. The van der Waals surface area contributed by atoms with Crippen molar-refractivity contribution >= 4 is 27.6 Å². The number of aliphatic hydroxyl groups excluding tert-OH is 1. The highest BCUT2D eigenvalue weighted by Gasteiger charge is 2.31. The van der Waals surface area contributed by atoms with Crippen LogP contribution in [-0.4, -0.2) is 92.9 Å². The molecule has 0 spiro atoms.